The molecule has 0 amide bonds. The molecule has 0 aromatic heterocycles. The number of aliphatic hydroxyl groups is 2. The largest absolute Gasteiger partial charge is 0.396 e. The first kappa shape index (κ1) is 8.97. The minimum absolute atomic E-state index is 0.0827. The van der Waals surface area contributed by atoms with E-state index in [0.29, 0.717) is 6.42 Å². The maximum absolute atomic E-state index is 9.45. The van der Waals surface area contributed by atoms with Crippen LogP contribution in [0.3, 0.4) is 0 Å². The summed E-state index contributed by atoms with van der Waals surface area (Å²) in [6.07, 6.45) is 3.58. The molecule has 0 radical (unpaired) electrons. The Bertz CT molecular complexity index is 102. The normalized spacial score (nSPS) is 28.4. The third-order valence-corrected chi connectivity index (χ3v) is 2.24. The van der Waals surface area contributed by atoms with Crippen LogP contribution in [-0.2, 0) is 0 Å². The molecule has 0 aromatic rings. The summed E-state index contributed by atoms with van der Waals surface area (Å²) in [5.41, 5.74) is 0. The van der Waals surface area contributed by atoms with Crippen molar-refractivity contribution >= 4 is 0 Å². The molecule has 3 heteroatoms. The van der Waals surface area contributed by atoms with E-state index in [1.54, 1.807) is 0 Å². The molecule has 11 heavy (non-hydrogen) atoms. The fourth-order valence-electron chi connectivity index (χ4n) is 1.54. The van der Waals surface area contributed by atoms with Crippen molar-refractivity contribution in [3.8, 4) is 0 Å². The zero-order chi connectivity index (χ0) is 8.10. The van der Waals surface area contributed by atoms with Gasteiger partial charge in [0.05, 0.1) is 6.10 Å². The van der Waals surface area contributed by atoms with Gasteiger partial charge in [-0.3, -0.25) is 0 Å². The summed E-state index contributed by atoms with van der Waals surface area (Å²) in [6, 6.07) is 0.218. The van der Waals surface area contributed by atoms with E-state index in [1.165, 1.54) is 12.8 Å². The molecule has 3 nitrogen and oxygen atoms in total. The van der Waals surface area contributed by atoms with Crippen LogP contribution >= 0.6 is 0 Å². The first-order chi connectivity index (χ1) is 5.34. The molecular formula is C8H17NO2. The Morgan fingerprint density at radius 2 is 2.27 bits per heavy atom. The maximum Gasteiger partial charge on any atom is 0.0715 e. The van der Waals surface area contributed by atoms with E-state index in [9.17, 15) is 5.11 Å². The quantitative estimate of drug-likeness (QED) is 0.538. The summed E-state index contributed by atoms with van der Waals surface area (Å²) in [7, 11) is 0. The topological polar surface area (TPSA) is 52.5 Å². The van der Waals surface area contributed by atoms with Gasteiger partial charge in [-0.25, -0.2) is 0 Å². The van der Waals surface area contributed by atoms with E-state index in [1.807, 2.05) is 0 Å². The fraction of sp³-hybridized carbons (Fsp3) is 1.00. The maximum atomic E-state index is 9.45. The molecule has 1 aliphatic heterocycles. The van der Waals surface area contributed by atoms with E-state index >= 15 is 0 Å². The predicted molar refractivity (Wildman–Crippen MR) is 43.4 cm³/mol. The molecule has 0 bridgehead atoms. The van der Waals surface area contributed by atoms with Crippen molar-refractivity contribution < 1.29 is 10.2 Å². The molecule has 0 aliphatic carbocycles. The molecule has 0 spiro atoms. The van der Waals surface area contributed by atoms with Gasteiger partial charge in [0, 0.05) is 12.6 Å². The number of piperidine rings is 1. The van der Waals surface area contributed by atoms with Gasteiger partial charge in [-0.05, 0) is 25.8 Å². The molecule has 1 aliphatic rings. The smallest absolute Gasteiger partial charge is 0.0715 e. The van der Waals surface area contributed by atoms with Crippen molar-refractivity contribution in [2.24, 2.45) is 0 Å². The Kier molecular flexibility index (Phi) is 3.83. The van der Waals surface area contributed by atoms with Gasteiger partial charge in [-0.15, -0.1) is 0 Å². The Hall–Kier alpha value is -0.120. The van der Waals surface area contributed by atoms with Gasteiger partial charge in [0.15, 0.2) is 0 Å². The standard InChI is InChI=1S/C8H17NO2/c10-6-4-8(11)7-3-1-2-5-9-7/h7-11H,1-6H2/t7-,8-/m0/s1. The Labute approximate surface area is 67.4 Å². The molecule has 1 fully saturated rings. The molecule has 66 valence electrons. The van der Waals surface area contributed by atoms with E-state index < -0.39 is 0 Å². The van der Waals surface area contributed by atoms with Gasteiger partial charge in [0.25, 0.3) is 0 Å². The highest BCUT2D eigenvalue weighted by molar-refractivity contribution is 4.78. The van der Waals surface area contributed by atoms with Crippen LogP contribution in [0.25, 0.3) is 0 Å². The highest BCUT2D eigenvalue weighted by Crippen LogP contribution is 2.11. The zero-order valence-electron chi connectivity index (χ0n) is 6.79. The molecule has 1 rings (SSSR count). The van der Waals surface area contributed by atoms with Crippen LogP contribution in [0, 0.1) is 0 Å². The van der Waals surface area contributed by atoms with Gasteiger partial charge in [0.2, 0.25) is 0 Å². The van der Waals surface area contributed by atoms with Crippen molar-refractivity contribution in [3.63, 3.8) is 0 Å². The summed E-state index contributed by atoms with van der Waals surface area (Å²) in [5.74, 6) is 0. The van der Waals surface area contributed by atoms with Crippen molar-refractivity contribution in [2.45, 2.75) is 37.8 Å². The van der Waals surface area contributed by atoms with Crippen LogP contribution in [0.15, 0.2) is 0 Å². The van der Waals surface area contributed by atoms with Gasteiger partial charge in [-0.2, -0.15) is 0 Å². The fourth-order valence-corrected chi connectivity index (χ4v) is 1.54. The molecule has 1 heterocycles. The van der Waals surface area contributed by atoms with Crippen molar-refractivity contribution in [1.29, 1.82) is 0 Å². The van der Waals surface area contributed by atoms with Crippen molar-refractivity contribution in [1.82, 2.24) is 5.32 Å². The molecule has 3 N–H and O–H groups in total. The molecule has 0 saturated carbocycles. The van der Waals surface area contributed by atoms with E-state index in [2.05, 4.69) is 5.32 Å². The molecule has 1 saturated heterocycles. The highest BCUT2D eigenvalue weighted by atomic mass is 16.3. The molecular weight excluding hydrogens is 142 g/mol. The monoisotopic (exact) mass is 159 g/mol. The van der Waals surface area contributed by atoms with Gasteiger partial charge < -0.3 is 15.5 Å². The van der Waals surface area contributed by atoms with Gasteiger partial charge in [0.1, 0.15) is 0 Å². The minimum Gasteiger partial charge on any atom is -0.396 e. The summed E-state index contributed by atoms with van der Waals surface area (Å²) in [6.45, 7) is 1.09. The molecule has 2 atom stereocenters. The first-order valence-corrected chi connectivity index (χ1v) is 4.37. The second kappa shape index (κ2) is 4.70. The van der Waals surface area contributed by atoms with Crippen LogP contribution in [0.4, 0.5) is 0 Å². The summed E-state index contributed by atoms with van der Waals surface area (Å²) in [5, 5.41) is 21.3. The number of nitrogens with one attached hydrogen (secondary N) is 1. The lowest BCUT2D eigenvalue weighted by Gasteiger charge is -2.27. The Balaban J connectivity index is 2.21. The van der Waals surface area contributed by atoms with Gasteiger partial charge in [-0.1, -0.05) is 6.42 Å². The van der Waals surface area contributed by atoms with Crippen LogP contribution in [-0.4, -0.2) is 35.5 Å². The Morgan fingerprint density at radius 3 is 2.82 bits per heavy atom. The minimum atomic E-state index is -0.361. The molecule has 0 aromatic carbocycles. The average molecular weight is 159 g/mol. The third kappa shape index (κ3) is 2.77. The first-order valence-electron chi connectivity index (χ1n) is 4.37. The predicted octanol–water partition coefficient (Wildman–Crippen LogP) is -0.128. The lowest BCUT2D eigenvalue weighted by Crippen LogP contribution is -2.43. The van der Waals surface area contributed by atoms with Crippen LogP contribution in [0.5, 0.6) is 0 Å². The second-order valence-corrected chi connectivity index (χ2v) is 3.14. The average Bonchev–Trinajstić information content (AvgIpc) is 2.07. The highest BCUT2D eigenvalue weighted by Gasteiger charge is 2.19. The summed E-state index contributed by atoms with van der Waals surface area (Å²) < 4.78 is 0. The number of hydrogen-bond acceptors (Lipinski definition) is 3. The Morgan fingerprint density at radius 1 is 1.45 bits per heavy atom. The lowest BCUT2D eigenvalue weighted by atomic mass is 9.98. The number of hydrogen-bond donors (Lipinski definition) is 3. The second-order valence-electron chi connectivity index (χ2n) is 3.14. The van der Waals surface area contributed by atoms with Gasteiger partial charge >= 0.3 is 0 Å². The van der Waals surface area contributed by atoms with Crippen LogP contribution in [0.2, 0.25) is 0 Å². The number of aliphatic hydroxyl groups excluding tert-OH is 2. The zero-order valence-corrected chi connectivity index (χ0v) is 6.79. The number of rotatable bonds is 3. The summed E-state index contributed by atoms with van der Waals surface area (Å²) >= 11 is 0. The van der Waals surface area contributed by atoms with Crippen LogP contribution < -0.4 is 5.32 Å². The van der Waals surface area contributed by atoms with Crippen LogP contribution in [0.1, 0.15) is 25.7 Å². The van der Waals surface area contributed by atoms with E-state index in [0.717, 1.165) is 13.0 Å². The SMILES string of the molecule is OCC[C@H](O)[C@@H]1CCCCN1. The summed E-state index contributed by atoms with van der Waals surface area (Å²) in [4.78, 5) is 0. The third-order valence-electron chi connectivity index (χ3n) is 2.24. The van der Waals surface area contributed by atoms with Crippen molar-refractivity contribution in [3.05, 3.63) is 0 Å². The van der Waals surface area contributed by atoms with E-state index in [-0.39, 0.29) is 18.8 Å². The lowest BCUT2D eigenvalue weighted by molar-refractivity contribution is 0.0849. The van der Waals surface area contributed by atoms with E-state index in [4.69, 9.17) is 5.11 Å². The van der Waals surface area contributed by atoms with Crippen molar-refractivity contribution in [2.75, 3.05) is 13.2 Å². The molecule has 0 unspecified atom stereocenters.